The number of imidazole rings is 1. The van der Waals surface area contributed by atoms with Gasteiger partial charge < -0.3 is 19.9 Å². The summed E-state index contributed by atoms with van der Waals surface area (Å²) in [4.78, 5) is 22.2. The minimum atomic E-state index is -0.272. The Morgan fingerprint density at radius 1 is 1.06 bits per heavy atom. The SMILES string of the molecule is CN1CCC(c2ccc(F)cc2)(c2ncc(-c3ccnc(NCCCN4CCOCC4)n3)[nH]2)CC1. The highest BCUT2D eigenvalue weighted by Crippen LogP contribution is 2.40. The first kappa shape index (κ1) is 23.8. The lowest BCUT2D eigenvalue weighted by Crippen LogP contribution is -2.42. The van der Waals surface area contributed by atoms with Crippen LogP contribution in [0.15, 0.2) is 42.7 Å². The lowest BCUT2D eigenvalue weighted by molar-refractivity contribution is 0.0378. The van der Waals surface area contributed by atoms with Crippen LogP contribution in [0.3, 0.4) is 0 Å². The quantitative estimate of drug-likeness (QED) is 0.480. The average Bonchev–Trinajstić information content (AvgIpc) is 3.40. The maximum absolute atomic E-state index is 13.7. The van der Waals surface area contributed by atoms with Crippen LogP contribution in [0.4, 0.5) is 10.3 Å². The van der Waals surface area contributed by atoms with E-state index in [2.05, 4.69) is 32.1 Å². The number of ether oxygens (including phenoxy) is 1. The summed E-state index contributed by atoms with van der Waals surface area (Å²) in [6.07, 6.45) is 6.49. The first-order valence-corrected chi connectivity index (χ1v) is 12.5. The third-order valence-corrected chi connectivity index (χ3v) is 7.24. The third-order valence-electron chi connectivity index (χ3n) is 7.24. The van der Waals surface area contributed by atoms with Crippen molar-refractivity contribution in [3.05, 3.63) is 59.9 Å². The molecule has 0 aliphatic carbocycles. The van der Waals surface area contributed by atoms with Crippen LogP contribution in [0.2, 0.25) is 0 Å². The molecule has 2 aliphatic heterocycles. The van der Waals surface area contributed by atoms with Crippen molar-refractivity contribution in [1.82, 2.24) is 29.7 Å². The van der Waals surface area contributed by atoms with Crippen molar-refractivity contribution < 1.29 is 9.13 Å². The fraction of sp³-hybridized carbons (Fsp3) is 0.500. The third kappa shape index (κ3) is 5.52. The Bertz CT molecular complexity index is 1090. The molecule has 0 radical (unpaired) electrons. The molecule has 2 aromatic heterocycles. The molecule has 0 atom stereocenters. The van der Waals surface area contributed by atoms with Crippen LogP contribution in [0.1, 0.15) is 30.7 Å². The lowest BCUT2D eigenvalue weighted by atomic mass is 9.72. The number of nitrogens with zero attached hydrogens (tertiary/aromatic N) is 5. The van der Waals surface area contributed by atoms with E-state index in [1.54, 1.807) is 18.3 Å². The second-order valence-corrected chi connectivity index (χ2v) is 9.54. The molecular formula is C26H34FN7O. The molecular weight excluding hydrogens is 445 g/mol. The van der Waals surface area contributed by atoms with Gasteiger partial charge in [-0.25, -0.2) is 19.3 Å². The summed E-state index contributed by atoms with van der Waals surface area (Å²) in [6, 6.07) is 8.77. The summed E-state index contributed by atoms with van der Waals surface area (Å²) in [5.41, 5.74) is 2.49. The number of hydrogen-bond donors (Lipinski definition) is 2. The van der Waals surface area contributed by atoms with Gasteiger partial charge in [-0.15, -0.1) is 0 Å². The molecule has 186 valence electrons. The lowest BCUT2D eigenvalue weighted by Gasteiger charge is -2.39. The fourth-order valence-corrected chi connectivity index (χ4v) is 5.05. The Morgan fingerprint density at radius 2 is 1.83 bits per heavy atom. The van der Waals surface area contributed by atoms with E-state index in [1.165, 1.54) is 0 Å². The Hall–Kier alpha value is -2.88. The molecule has 5 rings (SSSR count). The van der Waals surface area contributed by atoms with Gasteiger partial charge in [0, 0.05) is 25.8 Å². The Balaban J connectivity index is 1.29. The molecule has 3 aromatic rings. The standard InChI is InChI=1S/C26H34FN7O/c1-33-13-8-26(9-14-33,20-3-5-21(27)6-4-20)24-30-19-23(31-24)22-7-11-29-25(32-22)28-10-2-12-34-15-17-35-18-16-34/h3-7,11,19H,2,8-10,12-18H2,1H3,(H,30,31)(H,28,29,32). The topological polar surface area (TPSA) is 82.2 Å². The van der Waals surface area contributed by atoms with Crippen molar-refractivity contribution in [2.45, 2.75) is 24.7 Å². The molecule has 0 saturated carbocycles. The number of hydrogen-bond acceptors (Lipinski definition) is 7. The van der Waals surface area contributed by atoms with Crippen molar-refractivity contribution in [1.29, 1.82) is 0 Å². The maximum Gasteiger partial charge on any atom is 0.223 e. The number of rotatable bonds is 8. The van der Waals surface area contributed by atoms with Crippen LogP contribution in [-0.4, -0.2) is 89.3 Å². The van der Waals surface area contributed by atoms with E-state index in [9.17, 15) is 4.39 Å². The Labute approximate surface area is 205 Å². The number of anilines is 1. The molecule has 0 spiro atoms. The molecule has 2 saturated heterocycles. The summed E-state index contributed by atoms with van der Waals surface area (Å²) in [5, 5.41) is 3.35. The summed E-state index contributed by atoms with van der Waals surface area (Å²) < 4.78 is 19.1. The predicted octanol–water partition coefficient (Wildman–Crippen LogP) is 3.15. The summed E-state index contributed by atoms with van der Waals surface area (Å²) >= 11 is 0. The number of piperidine rings is 1. The molecule has 2 aliphatic rings. The highest BCUT2D eigenvalue weighted by Gasteiger charge is 2.39. The highest BCUT2D eigenvalue weighted by molar-refractivity contribution is 5.55. The second-order valence-electron chi connectivity index (χ2n) is 9.54. The van der Waals surface area contributed by atoms with Gasteiger partial charge in [-0.2, -0.15) is 0 Å². The molecule has 8 nitrogen and oxygen atoms in total. The van der Waals surface area contributed by atoms with Gasteiger partial charge in [0.2, 0.25) is 5.95 Å². The summed E-state index contributed by atoms with van der Waals surface area (Å²) in [6.45, 7) is 7.43. The molecule has 0 bridgehead atoms. The van der Waals surface area contributed by atoms with Crippen LogP contribution in [-0.2, 0) is 10.2 Å². The van der Waals surface area contributed by atoms with Gasteiger partial charge >= 0.3 is 0 Å². The summed E-state index contributed by atoms with van der Waals surface area (Å²) in [7, 11) is 2.14. The van der Waals surface area contributed by atoms with Crippen LogP contribution in [0.25, 0.3) is 11.4 Å². The van der Waals surface area contributed by atoms with Crippen molar-refractivity contribution in [2.24, 2.45) is 0 Å². The van der Waals surface area contributed by atoms with Gasteiger partial charge in [0.25, 0.3) is 0 Å². The number of aromatic amines is 1. The van der Waals surface area contributed by atoms with E-state index in [4.69, 9.17) is 14.7 Å². The van der Waals surface area contributed by atoms with Gasteiger partial charge in [0.15, 0.2) is 0 Å². The molecule has 35 heavy (non-hydrogen) atoms. The van der Waals surface area contributed by atoms with E-state index in [0.29, 0.717) is 5.95 Å². The van der Waals surface area contributed by atoms with Gasteiger partial charge in [0.05, 0.1) is 36.2 Å². The zero-order chi connectivity index (χ0) is 24.1. The fourth-order valence-electron chi connectivity index (χ4n) is 5.05. The predicted molar refractivity (Wildman–Crippen MR) is 134 cm³/mol. The molecule has 4 heterocycles. The highest BCUT2D eigenvalue weighted by atomic mass is 19.1. The van der Waals surface area contributed by atoms with Gasteiger partial charge in [0.1, 0.15) is 11.6 Å². The minimum Gasteiger partial charge on any atom is -0.379 e. The van der Waals surface area contributed by atoms with E-state index >= 15 is 0 Å². The number of nitrogens with one attached hydrogen (secondary N) is 2. The number of benzene rings is 1. The maximum atomic E-state index is 13.7. The molecule has 9 heteroatoms. The van der Waals surface area contributed by atoms with Crippen molar-refractivity contribution in [3.63, 3.8) is 0 Å². The van der Waals surface area contributed by atoms with Gasteiger partial charge in [-0.3, -0.25) is 4.90 Å². The largest absolute Gasteiger partial charge is 0.379 e. The van der Waals surface area contributed by atoms with E-state index in [1.807, 2.05) is 24.4 Å². The smallest absolute Gasteiger partial charge is 0.223 e. The molecule has 0 unspecified atom stereocenters. The second kappa shape index (κ2) is 10.8. The molecule has 2 N–H and O–H groups in total. The molecule has 1 aromatic carbocycles. The first-order valence-electron chi connectivity index (χ1n) is 12.5. The number of halogens is 1. The monoisotopic (exact) mass is 479 g/mol. The van der Waals surface area contributed by atoms with Crippen molar-refractivity contribution >= 4 is 5.95 Å². The Morgan fingerprint density at radius 3 is 2.60 bits per heavy atom. The average molecular weight is 480 g/mol. The van der Waals surface area contributed by atoms with Crippen molar-refractivity contribution in [2.75, 3.05) is 64.8 Å². The zero-order valence-electron chi connectivity index (χ0n) is 20.3. The van der Waals surface area contributed by atoms with Gasteiger partial charge in [-0.1, -0.05) is 12.1 Å². The number of likely N-dealkylation sites (tertiary alicyclic amines) is 1. The zero-order valence-corrected chi connectivity index (χ0v) is 20.3. The van der Waals surface area contributed by atoms with Gasteiger partial charge in [-0.05, 0) is 69.7 Å². The number of aromatic nitrogens is 4. The summed E-state index contributed by atoms with van der Waals surface area (Å²) in [5.74, 6) is 1.31. The van der Waals surface area contributed by atoms with Crippen LogP contribution < -0.4 is 5.32 Å². The van der Waals surface area contributed by atoms with Crippen LogP contribution >= 0.6 is 0 Å². The van der Waals surface area contributed by atoms with E-state index in [0.717, 1.165) is 94.5 Å². The minimum absolute atomic E-state index is 0.220. The van der Waals surface area contributed by atoms with E-state index in [-0.39, 0.29) is 11.2 Å². The Kier molecular flexibility index (Phi) is 7.36. The van der Waals surface area contributed by atoms with E-state index < -0.39 is 0 Å². The number of H-pyrrole nitrogens is 1. The first-order chi connectivity index (χ1) is 17.1. The van der Waals surface area contributed by atoms with Crippen LogP contribution in [0, 0.1) is 5.82 Å². The molecule has 0 amide bonds. The molecule has 2 fully saturated rings. The van der Waals surface area contributed by atoms with Crippen molar-refractivity contribution in [3.8, 4) is 11.4 Å². The number of morpholine rings is 1. The normalized spacial score (nSPS) is 19.0. The van der Waals surface area contributed by atoms with Crippen LogP contribution in [0.5, 0.6) is 0 Å².